The molecule has 0 aliphatic carbocycles. The quantitative estimate of drug-likeness (QED) is 0.881. The molecule has 0 saturated carbocycles. The van der Waals surface area contributed by atoms with Crippen LogP contribution in [-0.4, -0.2) is 56.4 Å². The number of amides is 1. The Kier molecular flexibility index (Phi) is 5.58. The predicted molar refractivity (Wildman–Crippen MR) is 90.5 cm³/mol. The Balaban J connectivity index is 1.76. The second-order valence-corrected chi connectivity index (χ2v) is 6.03. The average molecular weight is 334 g/mol. The minimum Gasteiger partial charge on any atom is -0.490 e. The van der Waals surface area contributed by atoms with Gasteiger partial charge in [-0.2, -0.15) is 0 Å². The maximum Gasteiger partial charge on any atom is 0.242 e. The van der Waals surface area contributed by atoms with Crippen molar-refractivity contribution in [3.63, 3.8) is 0 Å². The lowest BCUT2D eigenvalue weighted by Crippen LogP contribution is -2.53. The summed E-state index contributed by atoms with van der Waals surface area (Å²) in [6, 6.07) is 3.86. The number of benzene rings is 1. The van der Waals surface area contributed by atoms with E-state index < -0.39 is 0 Å². The highest BCUT2D eigenvalue weighted by Gasteiger charge is 2.29. The zero-order valence-corrected chi connectivity index (χ0v) is 14.5. The van der Waals surface area contributed by atoms with Crippen molar-refractivity contribution in [1.82, 2.24) is 10.2 Å². The van der Waals surface area contributed by atoms with E-state index in [4.69, 9.17) is 14.2 Å². The largest absolute Gasteiger partial charge is 0.490 e. The van der Waals surface area contributed by atoms with Crippen LogP contribution in [0.1, 0.15) is 25.0 Å². The van der Waals surface area contributed by atoms with Crippen LogP contribution >= 0.6 is 0 Å². The van der Waals surface area contributed by atoms with Crippen LogP contribution in [0.3, 0.4) is 0 Å². The first kappa shape index (κ1) is 17.0. The summed E-state index contributed by atoms with van der Waals surface area (Å²) in [7, 11) is 0. The maximum atomic E-state index is 12.7. The van der Waals surface area contributed by atoms with Gasteiger partial charge in [-0.15, -0.1) is 0 Å². The van der Waals surface area contributed by atoms with Gasteiger partial charge in [0.15, 0.2) is 11.5 Å². The van der Waals surface area contributed by atoms with Crippen molar-refractivity contribution in [2.45, 2.75) is 32.9 Å². The summed E-state index contributed by atoms with van der Waals surface area (Å²) in [5.41, 5.74) is 2.37. The molecule has 6 heteroatoms. The molecule has 2 aliphatic heterocycles. The number of carbonyl (C=O) groups excluding carboxylic acids is 1. The van der Waals surface area contributed by atoms with Crippen LogP contribution in [0.5, 0.6) is 11.5 Å². The first-order valence-corrected chi connectivity index (χ1v) is 8.74. The Morgan fingerprint density at radius 1 is 1.25 bits per heavy atom. The van der Waals surface area contributed by atoms with Crippen molar-refractivity contribution in [3.05, 3.63) is 23.3 Å². The lowest BCUT2D eigenvalue weighted by atomic mass is 9.98. The van der Waals surface area contributed by atoms with Gasteiger partial charge in [0.1, 0.15) is 6.04 Å². The van der Waals surface area contributed by atoms with E-state index in [1.807, 2.05) is 24.8 Å². The minimum atomic E-state index is -0.227. The van der Waals surface area contributed by atoms with Gasteiger partial charge in [0.25, 0.3) is 0 Å². The summed E-state index contributed by atoms with van der Waals surface area (Å²) in [5.74, 6) is 1.67. The lowest BCUT2D eigenvalue weighted by molar-refractivity contribution is -0.137. The van der Waals surface area contributed by atoms with Gasteiger partial charge in [0.2, 0.25) is 5.91 Å². The summed E-state index contributed by atoms with van der Waals surface area (Å²) in [6.07, 6.45) is 0.834. The Morgan fingerprint density at radius 3 is 2.58 bits per heavy atom. The molecule has 132 valence electrons. The summed E-state index contributed by atoms with van der Waals surface area (Å²) in [5, 5.41) is 3.24. The van der Waals surface area contributed by atoms with Gasteiger partial charge in [-0.3, -0.25) is 4.79 Å². The van der Waals surface area contributed by atoms with Crippen molar-refractivity contribution in [2.75, 3.05) is 39.5 Å². The molecule has 1 aromatic carbocycles. The second kappa shape index (κ2) is 7.85. The van der Waals surface area contributed by atoms with E-state index in [-0.39, 0.29) is 11.9 Å². The molecule has 1 saturated heterocycles. The van der Waals surface area contributed by atoms with Crippen molar-refractivity contribution < 1.29 is 19.0 Å². The van der Waals surface area contributed by atoms with Crippen molar-refractivity contribution in [3.8, 4) is 11.5 Å². The molecule has 3 rings (SSSR count). The number of nitrogens with zero attached hydrogens (tertiary/aromatic N) is 1. The van der Waals surface area contributed by atoms with E-state index in [1.165, 1.54) is 5.56 Å². The monoisotopic (exact) mass is 334 g/mol. The first-order valence-electron chi connectivity index (χ1n) is 8.74. The van der Waals surface area contributed by atoms with Crippen LogP contribution < -0.4 is 14.8 Å². The molecule has 1 aromatic rings. The molecule has 0 spiro atoms. The SMILES string of the molecule is CCOc1cc2c(cc1OCC)CN(C(=O)C1COCCN1)CC2. The first-order chi connectivity index (χ1) is 11.7. The Bertz CT molecular complexity index is 585. The molecule has 1 amide bonds. The van der Waals surface area contributed by atoms with E-state index in [0.717, 1.165) is 36.6 Å². The second-order valence-electron chi connectivity index (χ2n) is 6.03. The lowest BCUT2D eigenvalue weighted by Gasteiger charge is -2.33. The van der Waals surface area contributed by atoms with E-state index in [1.54, 1.807) is 0 Å². The Labute approximate surface area is 143 Å². The summed E-state index contributed by atoms with van der Waals surface area (Å²) < 4.78 is 16.8. The van der Waals surface area contributed by atoms with E-state index in [9.17, 15) is 4.79 Å². The van der Waals surface area contributed by atoms with Gasteiger partial charge in [-0.1, -0.05) is 0 Å². The molecule has 2 heterocycles. The molecule has 2 aliphatic rings. The third kappa shape index (κ3) is 3.65. The number of hydrogen-bond donors (Lipinski definition) is 1. The zero-order valence-electron chi connectivity index (χ0n) is 14.5. The minimum absolute atomic E-state index is 0.118. The van der Waals surface area contributed by atoms with Crippen LogP contribution in [-0.2, 0) is 22.5 Å². The standard InChI is InChI=1S/C18H26N2O4/c1-3-23-16-9-13-5-7-20(11-14(13)10-17(16)24-4-2)18(21)15-12-22-8-6-19-15/h9-10,15,19H,3-8,11-12H2,1-2H3. The van der Waals surface area contributed by atoms with E-state index >= 15 is 0 Å². The molecule has 24 heavy (non-hydrogen) atoms. The van der Waals surface area contributed by atoms with Crippen LogP contribution in [0.25, 0.3) is 0 Å². The number of nitrogens with one attached hydrogen (secondary N) is 1. The van der Waals surface area contributed by atoms with Crippen LogP contribution in [0.2, 0.25) is 0 Å². The maximum absolute atomic E-state index is 12.7. The number of hydrogen-bond acceptors (Lipinski definition) is 5. The highest BCUT2D eigenvalue weighted by atomic mass is 16.5. The topological polar surface area (TPSA) is 60.0 Å². The molecule has 1 fully saturated rings. The fraction of sp³-hybridized carbons (Fsp3) is 0.611. The summed E-state index contributed by atoms with van der Waals surface area (Å²) in [4.78, 5) is 14.6. The fourth-order valence-corrected chi connectivity index (χ4v) is 3.23. The van der Waals surface area contributed by atoms with Crippen molar-refractivity contribution >= 4 is 5.91 Å². The summed E-state index contributed by atoms with van der Waals surface area (Å²) in [6.45, 7) is 8.31. The van der Waals surface area contributed by atoms with Crippen LogP contribution in [0.4, 0.5) is 0 Å². The van der Waals surface area contributed by atoms with Gasteiger partial charge >= 0.3 is 0 Å². The molecular weight excluding hydrogens is 308 g/mol. The number of fused-ring (bicyclic) bond motifs is 1. The molecular formula is C18H26N2O4. The van der Waals surface area contributed by atoms with Crippen LogP contribution in [0, 0.1) is 0 Å². The fourth-order valence-electron chi connectivity index (χ4n) is 3.23. The van der Waals surface area contributed by atoms with Gasteiger partial charge in [0.05, 0.1) is 26.4 Å². The molecule has 6 nitrogen and oxygen atoms in total. The molecule has 1 N–H and O–H groups in total. The van der Waals surface area contributed by atoms with Gasteiger partial charge in [0, 0.05) is 19.6 Å². The Morgan fingerprint density at radius 2 is 1.96 bits per heavy atom. The molecule has 0 radical (unpaired) electrons. The number of ether oxygens (including phenoxy) is 3. The van der Waals surface area contributed by atoms with E-state index in [0.29, 0.717) is 33.0 Å². The van der Waals surface area contributed by atoms with E-state index in [2.05, 4.69) is 11.4 Å². The highest BCUT2D eigenvalue weighted by molar-refractivity contribution is 5.82. The number of morpholine rings is 1. The molecule has 0 aromatic heterocycles. The third-order valence-corrected chi connectivity index (χ3v) is 4.41. The molecule has 1 atom stereocenters. The van der Waals surface area contributed by atoms with Gasteiger partial charge in [-0.25, -0.2) is 0 Å². The predicted octanol–water partition coefficient (Wildman–Crippen LogP) is 1.36. The molecule has 1 unspecified atom stereocenters. The van der Waals surface area contributed by atoms with Crippen molar-refractivity contribution in [1.29, 1.82) is 0 Å². The molecule has 0 bridgehead atoms. The normalized spacial score (nSPS) is 20.4. The third-order valence-electron chi connectivity index (χ3n) is 4.41. The Hall–Kier alpha value is -1.79. The van der Waals surface area contributed by atoms with Crippen LogP contribution in [0.15, 0.2) is 12.1 Å². The smallest absolute Gasteiger partial charge is 0.242 e. The number of carbonyl (C=O) groups is 1. The zero-order chi connectivity index (χ0) is 16.9. The summed E-state index contributed by atoms with van der Waals surface area (Å²) >= 11 is 0. The van der Waals surface area contributed by atoms with Gasteiger partial charge < -0.3 is 24.4 Å². The number of rotatable bonds is 5. The highest BCUT2D eigenvalue weighted by Crippen LogP contribution is 2.34. The van der Waals surface area contributed by atoms with Crippen molar-refractivity contribution in [2.24, 2.45) is 0 Å². The average Bonchev–Trinajstić information content (AvgIpc) is 2.62. The van der Waals surface area contributed by atoms with Gasteiger partial charge in [-0.05, 0) is 43.5 Å².